The van der Waals surface area contributed by atoms with Crippen molar-refractivity contribution in [2.75, 3.05) is 16.4 Å². The number of hydrogen-bond acceptors (Lipinski definition) is 6. The van der Waals surface area contributed by atoms with E-state index in [0.29, 0.717) is 28.2 Å². The van der Waals surface area contributed by atoms with Crippen LogP contribution < -0.4 is 16.4 Å². The van der Waals surface area contributed by atoms with Crippen LogP contribution in [-0.4, -0.2) is 15.0 Å². The van der Waals surface area contributed by atoms with Gasteiger partial charge in [-0.25, -0.2) is 15.0 Å². The predicted molar refractivity (Wildman–Crippen MR) is 106 cm³/mol. The fraction of sp³-hybridized carbons (Fsp3) is 0. The molecule has 2 aromatic carbocycles. The van der Waals surface area contributed by atoms with Crippen molar-refractivity contribution in [1.82, 2.24) is 15.0 Å². The van der Waals surface area contributed by atoms with Gasteiger partial charge in [-0.05, 0) is 23.6 Å². The highest BCUT2D eigenvalue weighted by molar-refractivity contribution is 6.32. The highest BCUT2D eigenvalue weighted by atomic mass is 35.5. The van der Waals surface area contributed by atoms with E-state index < -0.39 is 0 Å². The van der Waals surface area contributed by atoms with Gasteiger partial charge in [-0.3, -0.25) is 0 Å². The first-order chi connectivity index (χ1) is 12.7. The van der Waals surface area contributed by atoms with Gasteiger partial charge in [0.15, 0.2) is 16.8 Å². The number of benzene rings is 2. The predicted octanol–water partition coefficient (Wildman–Crippen LogP) is 4.75. The van der Waals surface area contributed by atoms with E-state index in [1.54, 1.807) is 18.3 Å². The molecule has 6 nitrogen and oxygen atoms in total. The highest BCUT2D eigenvalue weighted by Crippen LogP contribution is 2.32. The lowest BCUT2D eigenvalue weighted by molar-refractivity contribution is 1.17. The molecule has 0 atom stereocenters. The fourth-order valence-corrected chi connectivity index (χ4v) is 2.83. The smallest absolute Gasteiger partial charge is 0.159 e. The van der Waals surface area contributed by atoms with Crippen LogP contribution in [0.4, 0.5) is 28.7 Å². The first kappa shape index (κ1) is 16.1. The summed E-state index contributed by atoms with van der Waals surface area (Å²) in [5, 5.41) is 8.94. The summed E-state index contributed by atoms with van der Waals surface area (Å²) in [6, 6.07) is 17.7. The lowest BCUT2D eigenvalue weighted by Crippen LogP contribution is -2.05. The Balaban J connectivity index is 1.69. The molecule has 0 radical (unpaired) electrons. The lowest BCUT2D eigenvalue weighted by Gasteiger charge is -2.14. The second-order valence-electron chi connectivity index (χ2n) is 5.60. The number of nitrogens with two attached hydrogens (primary N) is 1. The maximum Gasteiger partial charge on any atom is 0.159 e. The van der Waals surface area contributed by atoms with Crippen LogP contribution in [-0.2, 0) is 0 Å². The van der Waals surface area contributed by atoms with Crippen LogP contribution >= 0.6 is 11.6 Å². The van der Waals surface area contributed by atoms with E-state index >= 15 is 0 Å². The normalized spacial score (nSPS) is 10.7. The van der Waals surface area contributed by atoms with Gasteiger partial charge in [0, 0.05) is 17.3 Å². The number of aromatic nitrogens is 3. The molecule has 2 heterocycles. The van der Waals surface area contributed by atoms with Gasteiger partial charge in [0.05, 0.1) is 5.69 Å². The summed E-state index contributed by atoms with van der Waals surface area (Å²) in [7, 11) is 0. The van der Waals surface area contributed by atoms with E-state index in [1.165, 1.54) is 6.33 Å². The summed E-state index contributed by atoms with van der Waals surface area (Å²) in [4.78, 5) is 12.5. The minimum atomic E-state index is 0.342. The van der Waals surface area contributed by atoms with Crippen molar-refractivity contribution < 1.29 is 0 Å². The molecule has 0 saturated carbocycles. The number of halogens is 1. The molecule has 0 fully saturated rings. The van der Waals surface area contributed by atoms with Crippen LogP contribution in [0.15, 0.2) is 67.1 Å². The molecule has 0 unspecified atom stereocenters. The van der Waals surface area contributed by atoms with Crippen molar-refractivity contribution in [2.24, 2.45) is 0 Å². The molecule has 26 heavy (non-hydrogen) atoms. The van der Waals surface area contributed by atoms with E-state index in [1.807, 2.05) is 30.3 Å². The second kappa shape index (κ2) is 6.85. The molecule has 0 spiro atoms. The Hall–Kier alpha value is -3.38. The van der Waals surface area contributed by atoms with E-state index in [2.05, 4.69) is 37.7 Å². The van der Waals surface area contributed by atoms with Crippen molar-refractivity contribution in [2.45, 2.75) is 0 Å². The van der Waals surface area contributed by atoms with Gasteiger partial charge >= 0.3 is 0 Å². The molecule has 7 heteroatoms. The number of pyridine rings is 1. The average Bonchev–Trinajstić information content (AvgIpc) is 2.67. The van der Waals surface area contributed by atoms with Crippen molar-refractivity contribution in [1.29, 1.82) is 0 Å². The maximum atomic E-state index is 6.26. The van der Waals surface area contributed by atoms with Gasteiger partial charge in [0.1, 0.15) is 12.0 Å². The largest absolute Gasteiger partial charge is 0.393 e. The number of nitrogen functional groups attached to an aromatic ring is 1. The Morgan fingerprint density at radius 2 is 1.46 bits per heavy atom. The standard InChI is InChI=1S/C19H15ClN6/c20-17-15(9-4-10-22-17)26-19-16(21)18(23-11-24-19)25-14-8-3-6-12-5-1-2-7-13(12)14/h1-11H,21H2,(H2,23,24,25,26). The summed E-state index contributed by atoms with van der Waals surface area (Å²) < 4.78 is 0. The van der Waals surface area contributed by atoms with Gasteiger partial charge in [0.25, 0.3) is 0 Å². The molecule has 0 bridgehead atoms. The monoisotopic (exact) mass is 362 g/mol. The van der Waals surface area contributed by atoms with Crippen molar-refractivity contribution >= 4 is 51.1 Å². The molecule has 0 amide bonds. The number of rotatable bonds is 4. The third-order valence-corrected chi connectivity index (χ3v) is 4.24. The summed E-state index contributed by atoms with van der Waals surface area (Å²) in [5.74, 6) is 0.969. The highest BCUT2D eigenvalue weighted by Gasteiger charge is 2.11. The Kier molecular flexibility index (Phi) is 4.25. The molecule has 4 rings (SSSR count). The third kappa shape index (κ3) is 3.10. The quantitative estimate of drug-likeness (QED) is 0.454. The Morgan fingerprint density at radius 1 is 0.769 bits per heavy atom. The van der Waals surface area contributed by atoms with Crippen LogP contribution in [0, 0.1) is 0 Å². The number of nitrogens with one attached hydrogen (secondary N) is 2. The summed E-state index contributed by atoms with van der Waals surface area (Å²) in [6.07, 6.45) is 3.06. The van der Waals surface area contributed by atoms with E-state index in [9.17, 15) is 0 Å². The average molecular weight is 363 g/mol. The Bertz CT molecular complexity index is 1080. The van der Waals surface area contributed by atoms with E-state index in [-0.39, 0.29) is 0 Å². The number of fused-ring (bicyclic) bond motifs is 1. The van der Waals surface area contributed by atoms with Gasteiger partial charge in [-0.15, -0.1) is 0 Å². The van der Waals surface area contributed by atoms with E-state index in [0.717, 1.165) is 16.5 Å². The number of anilines is 5. The second-order valence-corrected chi connectivity index (χ2v) is 5.96. The van der Waals surface area contributed by atoms with Crippen LogP contribution in [0.2, 0.25) is 5.15 Å². The lowest BCUT2D eigenvalue weighted by atomic mass is 10.1. The first-order valence-electron chi connectivity index (χ1n) is 7.95. The number of nitrogens with zero attached hydrogens (tertiary/aromatic N) is 3. The molecule has 4 aromatic rings. The fourth-order valence-electron chi connectivity index (χ4n) is 2.66. The molecule has 128 valence electrons. The van der Waals surface area contributed by atoms with Crippen LogP contribution in [0.3, 0.4) is 0 Å². The first-order valence-corrected chi connectivity index (χ1v) is 8.33. The zero-order valence-electron chi connectivity index (χ0n) is 13.6. The van der Waals surface area contributed by atoms with Crippen molar-refractivity contribution in [3.05, 3.63) is 72.3 Å². The summed E-state index contributed by atoms with van der Waals surface area (Å²) in [5.41, 5.74) is 8.19. The molecule has 0 aliphatic rings. The molecule has 0 aliphatic heterocycles. The molecular formula is C19H15ClN6. The number of hydrogen-bond donors (Lipinski definition) is 3. The van der Waals surface area contributed by atoms with Crippen LogP contribution in [0.1, 0.15) is 0 Å². The van der Waals surface area contributed by atoms with Gasteiger partial charge in [-0.2, -0.15) is 0 Å². The minimum Gasteiger partial charge on any atom is -0.393 e. The van der Waals surface area contributed by atoms with Gasteiger partial charge < -0.3 is 16.4 Å². The SMILES string of the molecule is Nc1c(Nc2cccnc2Cl)ncnc1Nc1cccc2ccccc12. The van der Waals surface area contributed by atoms with Gasteiger partial charge in [-0.1, -0.05) is 48.0 Å². The third-order valence-electron chi connectivity index (χ3n) is 3.94. The summed E-state index contributed by atoms with van der Waals surface area (Å²) >= 11 is 6.09. The van der Waals surface area contributed by atoms with Crippen molar-refractivity contribution in [3.8, 4) is 0 Å². The Morgan fingerprint density at radius 3 is 2.27 bits per heavy atom. The molecule has 4 N–H and O–H groups in total. The van der Waals surface area contributed by atoms with Crippen LogP contribution in [0.25, 0.3) is 10.8 Å². The maximum absolute atomic E-state index is 6.26. The Labute approximate surface area is 155 Å². The van der Waals surface area contributed by atoms with Crippen LogP contribution in [0.5, 0.6) is 0 Å². The topological polar surface area (TPSA) is 88.8 Å². The zero-order chi connectivity index (χ0) is 17.9. The molecular weight excluding hydrogens is 348 g/mol. The molecule has 0 saturated heterocycles. The minimum absolute atomic E-state index is 0.342. The summed E-state index contributed by atoms with van der Waals surface area (Å²) in [6.45, 7) is 0. The van der Waals surface area contributed by atoms with Crippen molar-refractivity contribution in [3.63, 3.8) is 0 Å². The molecule has 0 aliphatic carbocycles. The zero-order valence-corrected chi connectivity index (χ0v) is 14.4. The van der Waals surface area contributed by atoms with Gasteiger partial charge in [0.2, 0.25) is 0 Å². The molecule has 2 aromatic heterocycles. The van der Waals surface area contributed by atoms with E-state index in [4.69, 9.17) is 17.3 Å².